The van der Waals surface area contributed by atoms with Crippen molar-refractivity contribution >= 4 is 58.1 Å². The van der Waals surface area contributed by atoms with Gasteiger partial charge in [0.25, 0.3) is 0 Å². The lowest BCUT2D eigenvalue weighted by molar-refractivity contribution is -0.147. The summed E-state index contributed by atoms with van der Waals surface area (Å²) >= 11 is 21.8. The molecular weight excluding hydrogens is 276 g/mol. The van der Waals surface area contributed by atoms with Crippen molar-refractivity contribution in [2.45, 2.75) is 9.67 Å². The summed E-state index contributed by atoms with van der Waals surface area (Å²) in [6.45, 7) is -0.235. The van der Waals surface area contributed by atoms with Crippen LogP contribution in [0.3, 0.4) is 0 Å². The molecule has 0 rings (SSSR count). The van der Waals surface area contributed by atoms with Crippen molar-refractivity contribution in [2.75, 3.05) is 13.7 Å². The van der Waals surface area contributed by atoms with E-state index in [1.54, 1.807) is 0 Å². The molecule has 0 aromatic heterocycles. The SMILES string of the molecule is COCC(=O)ON=C(C(Cl)Cl)C(Cl)Cl. The number of carbonyl (C=O) groups excluding carboxylic acids is 1. The highest BCUT2D eigenvalue weighted by Crippen LogP contribution is 2.15. The summed E-state index contributed by atoms with van der Waals surface area (Å²) < 4.78 is 4.48. The molecule has 0 aliphatic heterocycles. The van der Waals surface area contributed by atoms with Crippen LogP contribution < -0.4 is 0 Å². The van der Waals surface area contributed by atoms with Gasteiger partial charge in [0.05, 0.1) is 0 Å². The average molecular weight is 283 g/mol. The molecule has 0 radical (unpaired) electrons. The number of carbonyl (C=O) groups is 1. The monoisotopic (exact) mass is 281 g/mol. The number of alkyl halides is 4. The fourth-order valence-corrected chi connectivity index (χ4v) is 1.34. The van der Waals surface area contributed by atoms with E-state index in [4.69, 9.17) is 46.4 Å². The third kappa shape index (κ3) is 5.88. The number of nitrogens with zero attached hydrogens (tertiary/aromatic N) is 1. The highest BCUT2D eigenvalue weighted by atomic mass is 35.5. The van der Waals surface area contributed by atoms with Crippen LogP contribution in [-0.2, 0) is 14.4 Å². The van der Waals surface area contributed by atoms with E-state index in [0.717, 1.165) is 0 Å². The first-order chi connectivity index (χ1) is 6.49. The largest absolute Gasteiger partial charge is 0.373 e. The maximum absolute atomic E-state index is 10.8. The van der Waals surface area contributed by atoms with E-state index in [9.17, 15) is 4.79 Å². The summed E-state index contributed by atoms with van der Waals surface area (Å²) in [6, 6.07) is 0. The van der Waals surface area contributed by atoms with Gasteiger partial charge in [0, 0.05) is 7.11 Å². The van der Waals surface area contributed by atoms with Crippen LogP contribution in [0.25, 0.3) is 0 Å². The van der Waals surface area contributed by atoms with Gasteiger partial charge in [0.1, 0.15) is 12.3 Å². The second kappa shape index (κ2) is 7.54. The quantitative estimate of drug-likeness (QED) is 0.336. The van der Waals surface area contributed by atoms with Crippen LogP contribution in [0.1, 0.15) is 0 Å². The second-order valence-corrected chi connectivity index (χ2v) is 4.21. The Morgan fingerprint density at radius 2 is 1.79 bits per heavy atom. The first-order valence-corrected chi connectivity index (χ1v) is 5.06. The van der Waals surface area contributed by atoms with Gasteiger partial charge < -0.3 is 9.57 Å². The Morgan fingerprint density at radius 3 is 2.14 bits per heavy atom. The molecule has 0 N–H and O–H groups in total. The van der Waals surface area contributed by atoms with Gasteiger partial charge in [-0.1, -0.05) is 51.6 Å². The Kier molecular flexibility index (Phi) is 7.68. The second-order valence-electron chi connectivity index (χ2n) is 2.01. The normalized spacial score (nSPS) is 10.5. The molecule has 0 unspecified atom stereocenters. The van der Waals surface area contributed by atoms with Crippen LogP contribution in [0.15, 0.2) is 5.16 Å². The third-order valence-electron chi connectivity index (χ3n) is 0.962. The van der Waals surface area contributed by atoms with E-state index >= 15 is 0 Å². The smallest absolute Gasteiger partial charge is 0.360 e. The molecule has 4 nitrogen and oxygen atoms in total. The number of methoxy groups -OCH3 is 1. The van der Waals surface area contributed by atoms with Crippen LogP contribution >= 0.6 is 46.4 Å². The number of oxime groups is 1. The van der Waals surface area contributed by atoms with Gasteiger partial charge in [0.2, 0.25) is 0 Å². The lowest BCUT2D eigenvalue weighted by Gasteiger charge is -2.06. The molecule has 14 heavy (non-hydrogen) atoms. The lowest BCUT2D eigenvalue weighted by Crippen LogP contribution is -2.19. The fraction of sp³-hybridized carbons (Fsp3) is 0.667. The molecule has 0 spiro atoms. The maximum Gasteiger partial charge on any atom is 0.360 e. The molecule has 0 aromatic carbocycles. The molecule has 8 heteroatoms. The molecule has 0 heterocycles. The molecule has 0 aliphatic carbocycles. The van der Waals surface area contributed by atoms with Crippen molar-refractivity contribution in [1.82, 2.24) is 0 Å². The van der Waals surface area contributed by atoms with Crippen LogP contribution in [0.2, 0.25) is 0 Å². The maximum atomic E-state index is 10.8. The highest BCUT2D eigenvalue weighted by molar-refractivity contribution is 6.64. The number of halogens is 4. The number of ether oxygens (including phenoxy) is 1. The predicted octanol–water partition coefficient (Wildman–Crippen LogP) is 2.14. The first-order valence-electron chi connectivity index (χ1n) is 3.32. The highest BCUT2D eigenvalue weighted by Gasteiger charge is 2.19. The molecule has 0 fully saturated rings. The molecule has 0 amide bonds. The van der Waals surface area contributed by atoms with Crippen LogP contribution in [0.4, 0.5) is 0 Å². The van der Waals surface area contributed by atoms with E-state index in [1.807, 2.05) is 0 Å². The van der Waals surface area contributed by atoms with Gasteiger partial charge >= 0.3 is 5.97 Å². The Bertz CT molecular complexity index is 209. The zero-order valence-corrected chi connectivity index (χ0v) is 10.1. The Hall–Kier alpha value is 0.260. The Morgan fingerprint density at radius 1 is 1.29 bits per heavy atom. The lowest BCUT2D eigenvalue weighted by atomic mass is 10.5. The molecule has 0 aliphatic rings. The number of hydrogen-bond donors (Lipinski definition) is 0. The van der Waals surface area contributed by atoms with Crippen molar-refractivity contribution in [1.29, 1.82) is 0 Å². The molecule has 82 valence electrons. The molecule has 0 bridgehead atoms. The standard InChI is InChI=1S/C6H7Cl4NO3/c1-13-2-3(12)14-11-4(5(7)8)6(9)10/h5-6H,2H2,1H3. The van der Waals surface area contributed by atoms with Gasteiger partial charge in [-0.25, -0.2) is 4.79 Å². The average Bonchev–Trinajstić information content (AvgIpc) is 2.03. The van der Waals surface area contributed by atoms with Crippen molar-refractivity contribution < 1.29 is 14.4 Å². The van der Waals surface area contributed by atoms with Gasteiger partial charge in [0.15, 0.2) is 9.67 Å². The number of rotatable bonds is 5. The fourth-order valence-electron chi connectivity index (χ4n) is 0.423. The van der Waals surface area contributed by atoms with E-state index in [2.05, 4.69) is 14.7 Å². The van der Waals surface area contributed by atoms with Gasteiger partial charge in [-0.15, -0.1) is 0 Å². The van der Waals surface area contributed by atoms with Crippen LogP contribution in [0, 0.1) is 0 Å². The van der Waals surface area contributed by atoms with E-state index in [1.165, 1.54) is 7.11 Å². The molecule has 0 saturated carbocycles. The summed E-state index contributed by atoms with van der Waals surface area (Å²) in [7, 11) is 1.34. The predicted molar refractivity (Wildman–Crippen MR) is 56.4 cm³/mol. The summed E-state index contributed by atoms with van der Waals surface area (Å²) in [6.07, 6.45) is 0. The van der Waals surface area contributed by atoms with E-state index < -0.39 is 15.6 Å². The van der Waals surface area contributed by atoms with Gasteiger partial charge in [-0.05, 0) is 0 Å². The van der Waals surface area contributed by atoms with Crippen LogP contribution in [0.5, 0.6) is 0 Å². The first kappa shape index (κ1) is 14.3. The van der Waals surface area contributed by atoms with Gasteiger partial charge in [-0.2, -0.15) is 0 Å². The molecular formula is C6H7Cl4NO3. The van der Waals surface area contributed by atoms with Crippen LogP contribution in [-0.4, -0.2) is 35.1 Å². The minimum atomic E-state index is -1.04. The Labute approximate surface area is 101 Å². The molecule has 0 atom stereocenters. The van der Waals surface area contributed by atoms with Gasteiger partial charge in [-0.3, -0.25) is 0 Å². The van der Waals surface area contributed by atoms with Crippen molar-refractivity contribution in [3.05, 3.63) is 0 Å². The summed E-state index contributed by atoms with van der Waals surface area (Å²) in [5.41, 5.74) is -0.0545. The minimum Gasteiger partial charge on any atom is -0.373 e. The van der Waals surface area contributed by atoms with Crippen molar-refractivity contribution in [2.24, 2.45) is 5.16 Å². The minimum absolute atomic E-state index is 0.0545. The van der Waals surface area contributed by atoms with Crippen molar-refractivity contribution in [3.63, 3.8) is 0 Å². The summed E-state index contributed by atoms with van der Waals surface area (Å²) in [4.78, 5) is 13.0. The van der Waals surface area contributed by atoms with Crippen molar-refractivity contribution in [3.8, 4) is 0 Å². The summed E-state index contributed by atoms with van der Waals surface area (Å²) in [5, 5.41) is 3.30. The van der Waals surface area contributed by atoms with E-state index in [-0.39, 0.29) is 12.3 Å². The molecule has 0 aromatic rings. The molecule has 0 saturated heterocycles. The zero-order valence-electron chi connectivity index (χ0n) is 7.05. The topological polar surface area (TPSA) is 47.9 Å². The summed E-state index contributed by atoms with van der Waals surface area (Å²) in [5.74, 6) is -0.701. The zero-order chi connectivity index (χ0) is 11.1. The third-order valence-corrected chi connectivity index (χ3v) is 1.86. The van der Waals surface area contributed by atoms with E-state index in [0.29, 0.717) is 0 Å². The number of hydrogen-bond acceptors (Lipinski definition) is 4. The Balaban J connectivity index is 4.23.